The Morgan fingerprint density at radius 1 is 1.19 bits per heavy atom. The van der Waals surface area contributed by atoms with Gasteiger partial charge in [-0.15, -0.1) is 0 Å². The van der Waals surface area contributed by atoms with Crippen LogP contribution in [0.2, 0.25) is 5.02 Å². The quantitative estimate of drug-likeness (QED) is 0.830. The van der Waals surface area contributed by atoms with Crippen LogP contribution < -0.4 is 9.64 Å². The Balaban J connectivity index is 1.58. The maximum Gasteiger partial charge on any atom is 0.227 e. The fourth-order valence-corrected chi connectivity index (χ4v) is 3.29. The molecule has 1 aliphatic heterocycles. The fraction of sp³-hybridized carbons (Fsp3) is 0.300. The molecule has 3 rings (SSSR count). The van der Waals surface area contributed by atoms with Crippen molar-refractivity contribution in [1.29, 1.82) is 5.26 Å². The second-order valence-electron chi connectivity index (χ2n) is 6.17. The van der Waals surface area contributed by atoms with E-state index in [1.165, 1.54) is 0 Å². The molecular weight excluding hydrogens is 350 g/mol. The van der Waals surface area contributed by atoms with Gasteiger partial charge in [0.15, 0.2) is 0 Å². The Morgan fingerprint density at radius 3 is 2.62 bits per heavy atom. The summed E-state index contributed by atoms with van der Waals surface area (Å²) in [5.41, 5.74) is 2.41. The van der Waals surface area contributed by atoms with E-state index in [9.17, 15) is 4.79 Å². The van der Waals surface area contributed by atoms with Crippen molar-refractivity contribution >= 4 is 23.2 Å². The number of nitrogens with zero attached hydrogens (tertiary/aromatic N) is 3. The minimum atomic E-state index is 0.121. The summed E-state index contributed by atoms with van der Waals surface area (Å²) < 4.78 is 5.21. The van der Waals surface area contributed by atoms with E-state index in [0.717, 1.165) is 30.1 Å². The smallest absolute Gasteiger partial charge is 0.227 e. The molecule has 0 unspecified atom stereocenters. The maximum atomic E-state index is 12.6. The van der Waals surface area contributed by atoms with Crippen molar-refractivity contribution in [2.45, 2.75) is 6.42 Å². The van der Waals surface area contributed by atoms with E-state index in [1.54, 1.807) is 13.2 Å². The zero-order valence-electron chi connectivity index (χ0n) is 14.6. The Bertz CT molecular complexity index is 839. The van der Waals surface area contributed by atoms with Crippen LogP contribution in [0.1, 0.15) is 11.1 Å². The lowest BCUT2D eigenvalue weighted by Crippen LogP contribution is -2.49. The van der Waals surface area contributed by atoms with Gasteiger partial charge in [-0.05, 0) is 35.9 Å². The van der Waals surface area contributed by atoms with Gasteiger partial charge in [-0.3, -0.25) is 4.79 Å². The van der Waals surface area contributed by atoms with Crippen molar-refractivity contribution in [2.75, 3.05) is 38.2 Å². The number of rotatable bonds is 4. The van der Waals surface area contributed by atoms with E-state index in [0.29, 0.717) is 30.1 Å². The molecule has 0 N–H and O–H groups in total. The molecule has 1 fully saturated rings. The van der Waals surface area contributed by atoms with Crippen LogP contribution in [0.25, 0.3) is 0 Å². The number of anilines is 1. The van der Waals surface area contributed by atoms with E-state index in [4.69, 9.17) is 21.6 Å². The van der Waals surface area contributed by atoms with Crippen molar-refractivity contribution < 1.29 is 9.53 Å². The molecule has 0 radical (unpaired) electrons. The first-order chi connectivity index (χ1) is 12.6. The van der Waals surface area contributed by atoms with Gasteiger partial charge in [0.05, 0.1) is 24.1 Å². The topological polar surface area (TPSA) is 56.6 Å². The fourth-order valence-electron chi connectivity index (χ4n) is 3.07. The van der Waals surface area contributed by atoms with Crippen LogP contribution in [-0.2, 0) is 11.2 Å². The Kier molecular flexibility index (Phi) is 5.65. The van der Waals surface area contributed by atoms with E-state index < -0.39 is 0 Å². The van der Waals surface area contributed by atoms with Gasteiger partial charge < -0.3 is 14.5 Å². The van der Waals surface area contributed by atoms with Gasteiger partial charge in [0.1, 0.15) is 11.8 Å². The third-order valence-corrected chi connectivity index (χ3v) is 4.87. The Hall–Kier alpha value is -2.71. The first-order valence-corrected chi connectivity index (χ1v) is 8.84. The zero-order chi connectivity index (χ0) is 18.5. The highest BCUT2D eigenvalue weighted by Gasteiger charge is 2.22. The number of hydrogen-bond acceptors (Lipinski definition) is 4. The van der Waals surface area contributed by atoms with E-state index in [2.05, 4.69) is 11.0 Å². The van der Waals surface area contributed by atoms with Crippen LogP contribution in [0.4, 0.5) is 5.69 Å². The molecule has 2 aromatic rings. The number of amides is 1. The molecule has 0 spiro atoms. The molecule has 6 heteroatoms. The highest BCUT2D eigenvalue weighted by molar-refractivity contribution is 6.32. The highest BCUT2D eigenvalue weighted by atomic mass is 35.5. The number of carbonyl (C=O) groups excluding carboxylic acids is 1. The predicted molar refractivity (Wildman–Crippen MR) is 102 cm³/mol. The minimum absolute atomic E-state index is 0.121. The number of nitriles is 1. The minimum Gasteiger partial charge on any atom is -0.497 e. The van der Waals surface area contributed by atoms with Crippen molar-refractivity contribution in [3.05, 3.63) is 58.6 Å². The predicted octanol–water partition coefficient (Wildman–Crippen LogP) is 3.11. The second kappa shape index (κ2) is 8.11. The van der Waals surface area contributed by atoms with Gasteiger partial charge in [0.2, 0.25) is 5.91 Å². The second-order valence-corrected chi connectivity index (χ2v) is 6.58. The Morgan fingerprint density at radius 2 is 1.96 bits per heavy atom. The molecule has 5 nitrogen and oxygen atoms in total. The van der Waals surface area contributed by atoms with Crippen molar-refractivity contribution in [1.82, 2.24) is 4.90 Å². The summed E-state index contributed by atoms with van der Waals surface area (Å²) in [4.78, 5) is 16.6. The number of halogens is 1. The van der Waals surface area contributed by atoms with Gasteiger partial charge in [0, 0.05) is 31.9 Å². The van der Waals surface area contributed by atoms with Crippen molar-refractivity contribution in [3.63, 3.8) is 0 Å². The summed E-state index contributed by atoms with van der Waals surface area (Å²) in [5.74, 6) is 0.883. The normalized spacial score (nSPS) is 14.0. The number of ether oxygens (including phenoxy) is 1. The first kappa shape index (κ1) is 18.1. The summed E-state index contributed by atoms with van der Waals surface area (Å²) in [6.45, 7) is 2.82. The molecule has 0 aromatic heterocycles. The molecule has 1 aliphatic rings. The molecule has 0 bridgehead atoms. The lowest BCUT2D eigenvalue weighted by atomic mass is 10.1. The first-order valence-electron chi connectivity index (χ1n) is 8.46. The molecule has 0 atom stereocenters. The van der Waals surface area contributed by atoms with Crippen LogP contribution in [0.5, 0.6) is 5.75 Å². The number of hydrogen-bond donors (Lipinski definition) is 0. The molecule has 0 saturated carbocycles. The van der Waals surface area contributed by atoms with E-state index >= 15 is 0 Å². The maximum absolute atomic E-state index is 12.6. The van der Waals surface area contributed by atoms with Gasteiger partial charge in [-0.1, -0.05) is 23.7 Å². The summed E-state index contributed by atoms with van der Waals surface area (Å²) in [5, 5.41) is 9.43. The average Bonchev–Trinajstić information content (AvgIpc) is 2.68. The van der Waals surface area contributed by atoms with Crippen molar-refractivity contribution in [3.8, 4) is 11.8 Å². The standard InChI is InChI=1S/C20H20ClN3O2/c1-26-18-4-2-3-15(11-18)12-20(25)24-9-7-23(8-10-24)17-6-5-16(14-22)19(21)13-17/h2-6,11,13H,7-10,12H2,1H3. The molecule has 1 saturated heterocycles. The molecule has 134 valence electrons. The number of methoxy groups -OCH3 is 1. The monoisotopic (exact) mass is 369 g/mol. The summed E-state index contributed by atoms with van der Waals surface area (Å²) >= 11 is 6.12. The molecular formula is C20H20ClN3O2. The van der Waals surface area contributed by atoms with Crippen molar-refractivity contribution in [2.24, 2.45) is 0 Å². The van der Waals surface area contributed by atoms with Crippen LogP contribution >= 0.6 is 11.6 Å². The summed E-state index contributed by atoms with van der Waals surface area (Å²) in [6, 6.07) is 15.1. The Labute approximate surface area is 158 Å². The SMILES string of the molecule is COc1cccc(CC(=O)N2CCN(c3ccc(C#N)c(Cl)c3)CC2)c1. The highest BCUT2D eigenvalue weighted by Crippen LogP contribution is 2.24. The largest absolute Gasteiger partial charge is 0.497 e. The third kappa shape index (κ3) is 4.09. The summed E-state index contributed by atoms with van der Waals surface area (Å²) in [7, 11) is 1.62. The van der Waals surface area contributed by atoms with E-state index in [-0.39, 0.29) is 5.91 Å². The molecule has 1 amide bonds. The van der Waals surface area contributed by atoms with Crippen LogP contribution in [0.3, 0.4) is 0 Å². The molecule has 2 aromatic carbocycles. The lowest BCUT2D eigenvalue weighted by Gasteiger charge is -2.36. The van der Waals surface area contributed by atoms with E-state index in [1.807, 2.05) is 41.3 Å². The molecule has 26 heavy (non-hydrogen) atoms. The third-order valence-electron chi connectivity index (χ3n) is 4.56. The number of benzene rings is 2. The van der Waals surface area contributed by atoms with Crippen LogP contribution in [0, 0.1) is 11.3 Å². The van der Waals surface area contributed by atoms with Gasteiger partial charge in [-0.25, -0.2) is 0 Å². The zero-order valence-corrected chi connectivity index (χ0v) is 15.4. The van der Waals surface area contributed by atoms with Gasteiger partial charge in [-0.2, -0.15) is 5.26 Å². The number of carbonyl (C=O) groups is 1. The van der Waals surface area contributed by atoms with Crippen LogP contribution in [-0.4, -0.2) is 44.1 Å². The average molecular weight is 370 g/mol. The van der Waals surface area contributed by atoms with Gasteiger partial charge >= 0.3 is 0 Å². The molecule has 0 aliphatic carbocycles. The number of piperazine rings is 1. The lowest BCUT2D eigenvalue weighted by molar-refractivity contribution is -0.130. The van der Waals surface area contributed by atoms with Crippen LogP contribution in [0.15, 0.2) is 42.5 Å². The molecule has 1 heterocycles. The van der Waals surface area contributed by atoms with Gasteiger partial charge in [0.25, 0.3) is 0 Å². The summed E-state index contributed by atoms with van der Waals surface area (Å²) in [6.07, 6.45) is 0.375.